The SMILES string of the molecule is CCCCCCCc1nnc(CCNC)s1. The molecule has 0 fully saturated rings. The molecule has 0 radical (unpaired) electrons. The van der Waals surface area contributed by atoms with Crippen molar-refractivity contribution in [2.24, 2.45) is 0 Å². The van der Waals surface area contributed by atoms with Gasteiger partial charge in [0.25, 0.3) is 0 Å². The van der Waals surface area contributed by atoms with Gasteiger partial charge in [0.05, 0.1) is 0 Å². The van der Waals surface area contributed by atoms with E-state index in [0.717, 1.165) is 24.4 Å². The van der Waals surface area contributed by atoms with Crippen molar-refractivity contribution in [1.82, 2.24) is 15.5 Å². The van der Waals surface area contributed by atoms with E-state index in [0.29, 0.717) is 0 Å². The maximum atomic E-state index is 4.23. The van der Waals surface area contributed by atoms with Gasteiger partial charge < -0.3 is 5.32 Å². The highest BCUT2D eigenvalue weighted by molar-refractivity contribution is 7.11. The first-order valence-corrected chi connectivity index (χ1v) is 7.14. The number of unbranched alkanes of at least 4 members (excludes halogenated alkanes) is 4. The molecule has 16 heavy (non-hydrogen) atoms. The summed E-state index contributed by atoms with van der Waals surface area (Å²) in [6, 6.07) is 0. The van der Waals surface area contributed by atoms with Crippen LogP contribution < -0.4 is 5.32 Å². The van der Waals surface area contributed by atoms with Crippen LogP contribution in [0.1, 0.15) is 49.0 Å². The molecule has 0 saturated heterocycles. The number of hydrogen-bond donors (Lipinski definition) is 1. The Balaban J connectivity index is 2.14. The first-order valence-electron chi connectivity index (χ1n) is 6.32. The highest BCUT2D eigenvalue weighted by Crippen LogP contribution is 2.14. The van der Waals surface area contributed by atoms with E-state index in [1.165, 1.54) is 37.1 Å². The summed E-state index contributed by atoms with van der Waals surface area (Å²) in [7, 11) is 1.97. The zero-order chi connectivity index (χ0) is 11.6. The first-order chi connectivity index (χ1) is 7.86. The van der Waals surface area contributed by atoms with Crippen LogP contribution in [-0.4, -0.2) is 23.8 Å². The average Bonchev–Trinajstić information content (AvgIpc) is 2.74. The van der Waals surface area contributed by atoms with Gasteiger partial charge in [0.2, 0.25) is 0 Å². The minimum atomic E-state index is 0.991. The van der Waals surface area contributed by atoms with Gasteiger partial charge in [0, 0.05) is 19.4 Å². The summed E-state index contributed by atoms with van der Waals surface area (Å²) >= 11 is 1.77. The van der Waals surface area contributed by atoms with E-state index in [1.807, 2.05) is 7.05 Å². The molecule has 4 heteroatoms. The maximum Gasteiger partial charge on any atom is 0.118 e. The largest absolute Gasteiger partial charge is 0.319 e. The van der Waals surface area contributed by atoms with Gasteiger partial charge in [-0.05, 0) is 13.5 Å². The van der Waals surface area contributed by atoms with Crippen molar-refractivity contribution >= 4 is 11.3 Å². The highest BCUT2D eigenvalue weighted by atomic mass is 32.1. The van der Waals surface area contributed by atoms with Crippen LogP contribution in [0.15, 0.2) is 0 Å². The molecule has 1 rings (SSSR count). The van der Waals surface area contributed by atoms with Crippen molar-refractivity contribution in [3.8, 4) is 0 Å². The van der Waals surface area contributed by atoms with E-state index < -0.39 is 0 Å². The predicted octanol–water partition coefficient (Wildman–Crippen LogP) is 2.81. The molecule has 92 valence electrons. The van der Waals surface area contributed by atoms with Crippen LogP contribution in [0.2, 0.25) is 0 Å². The van der Waals surface area contributed by atoms with Crippen LogP contribution in [0.4, 0.5) is 0 Å². The molecule has 0 saturated carbocycles. The number of aryl methyl sites for hydroxylation is 1. The molecule has 1 aromatic rings. The molecule has 0 aliphatic carbocycles. The van der Waals surface area contributed by atoms with Crippen LogP contribution in [-0.2, 0) is 12.8 Å². The molecule has 0 aromatic carbocycles. The molecule has 1 aromatic heterocycles. The minimum absolute atomic E-state index is 0.991. The van der Waals surface area contributed by atoms with Crippen molar-refractivity contribution in [2.75, 3.05) is 13.6 Å². The average molecular weight is 241 g/mol. The Labute approximate surface area is 103 Å². The van der Waals surface area contributed by atoms with Crippen LogP contribution in [0.25, 0.3) is 0 Å². The molecule has 0 aliphatic rings. The molecule has 0 unspecified atom stereocenters. The number of aromatic nitrogens is 2. The fraction of sp³-hybridized carbons (Fsp3) is 0.833. The molecule has 0 spiro atoms. The van der Waals surface area contributed by atoms with Gasteiger partial charge in [-0.2, -0.15) is 0 Å². The molecule has 3 nitrogen and oxygen atoms in total. The van der Waals surface area contributed by atoms with E-state index in [2.05, 4.69) is 22.4 Å². The van der Waals surface area contributed by atoms with E-state index >= 15 is 0 Å². The number of hydrogen-bond acceptors (Lipinski definition) is 4. The fourth-order valence-electron chi connectivity index (χ4n) is 1.60. The zero-order valence-corrected chi connectivity index (χ0v) is 11.3. The summed E-state index contributed by atoms with van der Waals surface area (Å²) in [6.07, 6.45) is 8.75. The Morgan fingerprint density at radius 3 is 2.38 bits per heavy atom. The van der Waals surface area contributed by atoms with Gasteiger partial charge >= 0.3 is 0 Å². The third-order valence-electron chi connectivity index (χ3n) is 2.59. The summed E-state index contributed by atoms with van der Waals surface area (Å²) in [6.45, 7) is 3.24. The van der Waals surface area contributed by atoms with Gasteiger partial charge in [-0.15, -0.1) is 21.5 Å². The molecule has 0 aliphatic heterocycles. The Bertz CT molecular complexity index is 273. The lowest BCUT2D eigenvalue weighted by Gasteiger charge is -1.96. The lowest BCUT2D eigenvalue weighted by atomic mass is 10.1. The number of nitrogens with zero attached hydrogens (tertiary/aromatic N) is 2. The van der Waals surface area contributed by atoms with Gasteiger partial charge in [0.15, 0.2) is 0 Å². The quantitative estimate of drug-likeness (QED) is 0.676. The number of rotatable bonds is 9. The summed E-state index contributed by atoms with van der Waals surface area (Å²) in [5.74, 6) is 0. The second-order valence-electron chi connectivity index (χ2n) is 4.11. The van der Waals surface area contributed by atoms with E-state index in [1.54, 1.807) is 11.3 Å². The summed E-state index contributed by atoms with van der Waals surface area (Å²) in [5, 5.41) is 13.9. The molecule has 0 atom stereocenters. The second-order valence-corrected chi connectivity index (χ2v) is 5.25. The molecule has 1 heterocycles. The van der Waals surface area contributed by atoms with Crippen molar-refractivity contribution in [3.05, 3.63) is 10.0 Å². The zero-order valence-electron chi connectivity index (χ0n) is 10.5. The van der Waals surface area contributed by atoms with Crippen LogP contribution in [0.3, 0.4) is 0 Å². The van der Waals surface area contributed by atoms with Gasteiger partial charge in [-0.25, -0.2) is 0 Å². The van der Waals surface area contributed by atoms with Gasteiger partial charge in [-0.1, -0.05) is 32.6 Å². The third-order valence-corrected chi connectivity index (χ3v) is 3.63. The van der Waals surface area contributed by atoms with Crippen LogP contribution >= 0.6 is 11.3 Å². The summed E-state index contributed by atoms with van der Waals surface area (Å²) in [5.41, 5.74) is 0. The summed E-state index contributed by atoms with van der Waals surface area (Å²) < 4.78 is 0. The molecule has 0 bridgehead atoms. The standard InChI is InChI=1S/C12H23N3S/c1-3-4-5-6-7-8-11-14-15-12(16-11)9-10-13-2/h13H,3-10H2,1-2H3. The van der Waals surface area contributed by atoms with Crippen molar-refractivity contribution in [3.63, 3.8) is 0 Å². The Kier molecular flexibility index (Phi) is 7.34. The fourth-order valence-corrected chi connectivity index (χ4v) is 2.49. The Hall–Kier alpha value is -0.480. The van der Waals surface area contributed by atoms with Crippen LogP contribution in [0.5, 0.6) is 0 Å². The Morgan fingerprint density at radius 2 is 1.69 bits per heavy atom. The first kappa shape index (κ1) is 13.6. The van der Waals surface area contributed by atoms with Crippen molar-refractivity contribution in [1.29, 1.82) is 0 Å². The molecule has 0 amide bonds. The predicted molar refractivity (Wildman–Crippen MR) is 70.0 cm³/mol. The second kappa shape index (κ2) is 8.65. The molecular weight excluding hydrogens is 218 g/mol. The maximum absolute atomic E-state index is 4.23. The number of nitrogens with one attached hydrogen (secondary N) is 1. The van der Waals surface area contributed by atoms with Gasteiger partial charge in [-0.3, -0.25) is 0 Å². The smallest absolute Gasteiger partial charge is 0.118 e. The highest BCUT2D eigenvalue weighted by Gasteiger charge is 2.03. The van der Waals surface area contributed by atoms with Crippen molar-refractivity contribution < 1.29 is 0 Å². The van der Waals surface area contributed by atoms with Crippen molar-refractivity contribution in [2.45, 2.75) is 51.9 Å². The molecular formula is C12H23N3S. The van der Waals surface area contributed by atoms with E-state index in [4.69, 9.17) is 0 Å². The van der Waals surface area contributed by atoms with Gasteiger partial charge in [0.1, 0.15) is 10.0 Å². The van der Waals surface area contributed by atoms with Crippen LogP contribution in [0, 0.1) is 0 Å². The third kappa shape index (κ3) is 5.56. The summed E-state index contributed by atoms with van der Waals surface area (Å²) in [4.78, 5) is 0. The van der Waals surface area contributed by atoms with E-state index in [-0.39, 0.29) is 0 Å². The normalized spacial score (nSPS) is 10.9. The topological polar surface area (TPSA) is 37.8 Å². The van der Waals surface area contributed by atoms with E-state index in [9.17, 15) is 0 Å². The number of likely N-dealkylation sites (N-methyl/N-ethyl adjacent to an activating group) is 1. The minimum Gasteiger partial charge on any atom is -0.319 e. The molecule has 1 N–H and O–H groups in total. The Morgan fingerprint density at radius 1 is 1.00 bits per heavy atom. The lowest BCUT2D eigenvalue weighted by Crippen LogP contribution is -2.09. The monoisotopic (exact) mass is 241 g/mol. The lowest BCUT2D eigenvalue weighted by molar-refractivity contribution is 0.629.